The molecule has 3 amide bonds. The second-order valence-corrected chi connectivity index (χ2v) is 11.3. The first-order valence-corrected chi connectivity index (χ1v) is 13.9. The third-order valence-corrected chi connectivity index (χ3v) is 9.04. The summed E-state index contributed by atoms with van der Waals surface area (Å²) in [5.41, 5.74) is 4.09. The van der Waals surface area contributed by atoms with E-state index >= 15 is 0 Å². The molecule has 0 bridgehead atoms. The number of fused-ring (bicyclic) bond motifs is 2. The molecule has 0 unspecified atom stereocenters. The predicted octanol–water partition coefficient (Wildman–Crippen LogP) is 4.39. The van der Waals surface area contributed by atoms with Crippen molar-refractivity contribution in [2.24, 2.45) is 12.5 Å². The summed E-state index contributed by atoms with van der Waals surface area (Å²) in [5.74, 6) is 0.205. The van der Waals surface area contributed by atoms with E-state index in [1.54, 1.807) is 0 Å². The molecule has 2 aromatic carbocycles. The molecule has 3 aliphatic rings. The number of benzene rings is 2. The van der Waals surface area contributed by atoms with Gasteiger partial charge < -0.3 is 19.3 Å². The summed E-state index contributed by atoms with van der Waals surface area (Å²) in [6.45, 7) is 3.65. The van der Waals surface area contributed by atoms with Gasteiger partial charge in [-0.15, -0.1) is 0 Å². The molecular weight excluding hydrogens is 476 g/mol. The van der Waals surface area contributed by atoms with E-state index in [-0.39, 0.29) is 36.0 Å². The van der Waals surface area contributed by atoms with Gasteiger partial charge in [-0.25, -0.2) is 0 Å². The molecule has 0 radical (unpaired) electrons. The Labute approximate surface area is 224 Å². The maximum atomic E-state index is 13.3. The van der Waals surface area contributed by atoms with Crippen molar-refractivity contribution in [1.82, 2.24) is 14.4 Å². The van der Waals surface area contributed by atoms with Gasteiger partial charge in [0.25, 0.3) is 5.91 Å². The van der Waals surface area contributed by atoms with Crippen molar-refractivity contribution in [2.45, 2.75) is 44.9 Å². The number of anilines is 1. The molecule has 198 valence electrons. The second-order valence-electron chi connectivity index (χ2n) is 11.3. The first-order valence-electron chi connectivity index (χ1n) is 13.9. The lowest BCUT2D eigenvalue weighted by atomic mass is 9.77. The zero-order valence-corrected chi connectivity index (χ0v) is 22.2. The van der Waals surface area contributed by atoms with Crippen LogP contribution in [-0.2, 0) is 23.1 Å². The highest BCUT2D eigenvalue weighted by Gasteiger charge is 2.43. The largest absolute Gasteiger partial charge is 0.342 e. The van der Waals surface area contributed by atoms with Gasteiger partial charge in [-0.05, 0) is 61.3 Å². The summed E-state index contributed by atoms with van der Waals surface area (Å²) in [5, 5.41) is 1.08. The Balaban J connectivity index is 1.02. The zero-order valence-electron chi connectivity index (χ0n) is 22.2. The van der Waals surface area contributed by atoms with Crippen LogP contribution in [0.4, 0.5) is 5.69 Å². The van der Waals surface area contributed by atoms with E-state index < -0.39 is 0 Å². The zero-order chi connectivity index (χ0) is 26.3. The number of aromatic nitrogens is 1. The third kappa shape index (κ3) is 4.48. The number of amides is 3. The molecule has 1 spiro atoms. The molecule has 7 nitrogen and oxygen atoms in total. The van der Waals surface area contributed by atoms with Crippen molar-refractivity contribution in [3.63, 3.8) is 0 Å². The molecule has 7 heteroatoms. The fourth-order valence-corrected chi connectivity index (χ4v) is 6.70. The number of carbonyl (C=O) groups excluding carboxylic acids is 3. The molecule has 2 fully saturated rings. The monoisotopic (exact) mass is 512 g/mol. The highest BCUT2D eigenvalue weighted by Crippen LogP contribution is 2.41. The van der Waals surface area contributed by atoms with Crippen molar-refractivity contribution < 1.29 is 14.4 Å². The van der Waals surface area contributed by atoms with Crippen LogP contribution < -0.4 is 4.90 Å². The maximum absolute atomic E-state index is 13.3. The molecule has 0 N–H and O–H groups in total. The van der Waals surface area contributed by atoms with E-state index in [9.17, 15) is 14.4 Å². The van der Waals surface area contributed by atoms with Crippen LogP contribution >= 0.6 is 0 Å². The highest BCUT2D eigenvalue weighted by atomic mass is 16.2. The average Bonchev–Trinajstić information content (AvgIpc) is 3.52. The van der Waals surface area contributed by atoms with Crippen molar-refractivity contribution in [3.8, 4) is 0 Å². The van der Waals surface area contributed by atoms with Crippen LogP contribution in [0.15, 0.2) is 54.6 Å². The Bertz CT molecular complexity index is 1380. The van der Waals surface area contributed by atoms with Crippen LogP contribution in [0.25, 0.3) is 10.9 Å². The normalized spacial score (nSPS) is 18.7. The fraction of sp³-hybridized carbons (Fsp3) is 0.452. The summed E-state index contributed by atoms with van der Waals surface area (Å²) in [6.07, 6.45) is 5.28. The minimum atomic E-state index is 0.0413. The Hall–Kier alpha value is -3.61. The minimum Gasteiger partial charge on any atom is -0.342 e. The van der Waals surface area contributed by atoms with Crippen LogP contribution in [-0.4, -0.2) is 64.8 Å². The summed E-state index contributed by atoms with van der Waals surface area (Å²) in [4.78, 5) is 45.2. The molecule has 6 rings (SSSR count). The van der Waals surface area contributed by atoms with Crippen molar-refractivity contribution in [3.05, 3.63) is 65.9 Å². The molecule has 1 aromatic heterocycles. The van der Waals surface area contributed by atoms with E-state index in [2.05, 4.69) is 6.07 Å². The van der Waals surface area contributed by atoms with Crippen molar-refractivity contribution in [2.75, 3.05) is 37.6 Å². The number of nitrogens with zero attached hydrogens (tertiary/aromatic N) is 4. The van der Waals surface area contributed by atoms with Gasteiger partial charge in [-0.3, -0.25) is 14.4 Å². The quantitative estimate of drug-likeness (QED) is 0.521. The average molecular weight is 513 g/mol. The topological polar surface area (TPSA) is 65.9 Å². The highest BCUT2D eigenvalue weighted by molar-refractivity contribution is 5.99. The van der Waals surface area contributed by atoms with Crippen molar-refractivity contribution in [1.29, 1.82) is 0 Å². The Morgan fingerprint density at radius 2 is 1.50 bits per heavy atom. The number of aryl methyl sites for hydroxylation is 2. The Morgan fingerprint density at radius 3 is 2.29 bits per heavy atom. The van der Waals surface area contributed by atoms with Crippen LogP contribution in [0.5, 0.6) is 0 Å². The van der Waals surface area contributed by atoms with Gasteiger partial charge in [0, 0.05) is 69.2 Å². The summed E-state index contributed by atoms with van der Waals surface area (Å²) in [6, 6.07) is 18.2. The van der Waals surface area contributed by atoms with E-state index in [1.807, 2.05) is 74.8 Å². The van der Waals surface area contributed by atoms with Gasteiger partial charge >= 0.3 is 0 Å². The molecule has 3 aliphatic heterocycles. The van der Waals surface area contributed by atoms with E-state index in [0.29, 0.717) is 0 Å². The van der Waals surface area contributed by atoms with Gasteiger partial charge in [-0.2, -0.15) is 0 Å². The standard InChI is InChI=1S/C31H36N4O3/c1-32-25-10-4-3-8-24(25)21-27(32)30(38)33-18-14-31(15-19-33)16-20-34(22-31)28(36)12-13-29(37)35-17-6-9-23-7-2-5-11-26(23)35/h2-5,7-8,10-11,21H,6,9,12-20,22H2,1H3. The van der Waals surface area contributed by atoms with Gasteiger partial charge in [0.1, 0.15) is 5.69 Å². The van der Waals surface area contributed by atoms with E-state index in [0.717, 1.165) is 87.1 Å². The van der Waals surface area contributed by atoms with Gasteiger partial charge in [0.2, 0.25) is 11.8 Å². The van der Waals surface area contributed by atoms with Crippen LogP contribution in [0.1, 0.15) is 54.6 Å². The summed E-state index contributed by atoms with van der Waals surface area (Å²) >= 11 is 0. The first kappa shape index (κ1) is 24.7. The lowest BCUT2D eigenvalue weighted by Gasteiger charge is -2.39. The molecule has 0 saturated carbocycles. The summed E-state index contributed by atoms with van der Waals surface area (Å²) in [7, 11) is 1.95. The fourth-order valence-electron chi connectivity index (χ4n) is 6.70. The minimum absolute atomic E-state index is 0.0413. The molecule has 0 aliphatic carbocycles. The maximum Gasteiger partial charge on any atom is 0.270 e. The van der Waals surface area contributed by atoms with Gasteiger partial charge in [0.15, 0.2) is 0 Å². The summed E-state index contributed by atoms with van der Waals surface area (Å²) < 4.78 is 1.99. The SMILES string of the molecule is Cn1c(C(=O)N2CCC3(CCN(C(=O)CCC(=O)N4CCCc5ccccc54)C3)CC2)cc2ccccc21. The Kier molecular flexibility index (Phi) is 6.46. The third-order valence-electron chi connectivity index (χ3n) is 9.04. The van der Waals surface area contributed by atoms with Crippen molar-refractivity contribution >= 4 is 34.3 Å². The van der Waals surface area contributed by atoms with Crippen LogP contribution in [0.2, 0.25) is 0 Å². The molecule has 4 heterocycles. The molecule has 3 aromatic rings. The number of carbonyl (C=O) groups is 3. The van der Waals surface area contributed by atoms with Crippen LogP contribution in [0, 0.1) is 5.41 Å². The lowest BCUT2D eigenvalue weighted by molar-refractivity contribution is -0.132. The molecular formula is C31H36N4O3. The number of hydrogen-bond acceptors (Lipinski definition) is 3. The van der Waals surface area contributed by atoms with E-state index in [4.69, 9.17) is 0 Å². The number of para-hydroxylation sites is 2. The van der Waals surface area contributed by atoms with Gasteiger partial charge in [-0.1, -0.05) is 36.4 Å². The number of likely N-dealkylation sites (tertiary alicyclic amines) is 2. The Morgan fingerprint density at radius 1 is 0.816 bits per heavy atom. The van der Waals surface area contributed by atoms with Gasteiger partial charge in [0.05, 0.1) is 0 Å². The van der Waals surface area contributed by atoms with Crippen LogP contribution in [0.3, 0.4) is 0 Å². The second kappa shape index (κ2) is 9.93. The van der Waals surface area contributed by atoms with E-state index in [1.165, 1.54) is 5.56 Å². The predicted molar refractivity (Wildman–Crippen MR) is 148 cm³/mol. The smallest absolute Gasteiger partial charge is 0.270 e. The number of rotatable bonds is 4. The first-order chi connectivity index (χ1) is 18.4. The lowest BCUT2D eigenvalue weighted by Crippen LogP contribution is -2.45. The molecule has 38 heavy (non-hydrogen) atoms. The number of piperidine rings is 1. The molecule has 0 atom stereocenters. The number of hydrogen-bond donors (Lipinski definition) is 0. The molecule has 2 saturated heterocycles.